The molecule has 0 saturated carbocycles. The lowest BCUT2D eigenvalue weighted by atomic mass is 10.1. The summed E-state index contributed by atoms with van der Waals surface area (Å²) in [7, 11) is 0. The van der Waals surface area contributed by atoms with Crippen molar-refractivity contribution in [3.8, 4) is 0 Å². The molecule has 0 aromatic carbocycles. The Morgan fingerprint density at radius 2 is 2.36 bits per heavy atom. The molecule has 1 N–H and O–H groups in total. The lowest BCUT2D eigenvalue weighted by molar-refractivity contribution is 0.656. The first-order valence-corrected chi connectivity index (χ1v) is 8.15. The number of thiophene rings is 1. The molecule has 0 bridgehead atoms. The molecule has 0 aliphatic carbocycles. The molecule has 22 heavy (non-hydrogen) atoms. The molecule has 112 valence electrons. The largest absolute Gasteiger partial charge is 0.312 e. The van der Waals surface area contributed by atoms with E-state index in [1.807, 2.05) is 19.2 Å². The molecule has 0 atom stereocenters. The number of nitrogens with one attached hydrogen (secondary N) is 1. The monoisotopic (exact) mass is 312 g/mol. The molecule has 0 unspecified atom stereocenters. The van der Waals surface area contributed by atoms with Crippen LogP contribution in [0.4, 0.5) is 0 Å². The highest BCUT2D eigenvalue weighted by Gasteiger charge is 2.19. The van der Waals surface area contributed by atoms with Crippen molar-refractivity contribution in [2.75, 3.05) is 6.54 Å². The zero-order valence-electron chi connectivity index (χ0n) is 12.3. The minimum absolute atomic E-state index is 0.0700. The Kier molecular flexibility index (Phi) is 3.28. The SMILES string of the molecule is Cc1cnccc1Cn1cnc2sc3c(c2c1=O)CCNC3. The van der Waals surface area contributed by atoms with Crippen molar-refractivity contribution in [1.82, 2.24) is 19.9 Å². The Balaban J connectivity index is 1.84. The van der Waals surface area contributed by atoms with Crippen LogP contribution >= 0.6 is 11.3 Å². The van der Waals surface area contributed by atoms with Crippen molar-refractivity contribution in [3.05, 3.63) is 56.7 Å². The second kappa shape index (κ2) is 5.30. The molecule has 0 radical (unpaired) electrons. The molecule has 4 heterocycles. The molecule has 3 aromatic rings. The lowest BCUT2D eigenvalue weighted by Gasteiger charge is -2.12. The molecule has 0 amide bonds. The molecule has 0 saturated heterocycles. The van der Waals surface area contributed by atoms with Gasteiger partial charge in [0.25, 0.3) is 5.56 Å². The van der Waals surface area contributed by atoms with E-state index in [-0.39, 0.29) is 5.56 Å². The van der Waals surface area contributed by atoms with E-state index in [4.69, 9.17) is 0 Å². The van der Waals surface area contributed by atoms with Crippen LogP contribution in [-0.4, -0.2) is 21.1 Å². The highest BCUT2D eigenvalue weighted by atomic mass is 32.1. The number of nitrogens with zero attached hydrogens (tertiary/aromatic N) is 3. The molecule has 5 nitrogen and oxygen atoms in total. The van der Waals surface area contributed by atoms with Crippen molar-refractivity contribution in [2.45, 2.75) is 26.4 Å². The van der Waals surface area contributed by atoms with Crippen LogP contribution < -0.4 is 10.9 Å². The Morgan fingerprint density at radius 1 is 1.45 bits per heavy atom. The molecule has 3 aromatic heterocycles. The van der Waals surface area contributed by atoms with Gasteiger partial charge < -0.3 is 5.32 Å². The van der Waals surface area contributed by atoms with Gasteiger partial charge in [-0.1, -0.05) is 0 Å². The molecular weight excluding hydrogens is 296 g/mol. The quantitative estimate of drug-likeness (QED) is 0.784. The minimum Gasteiger partial charge on any atom is -0.312 e. The summed E-state index contributed by atoms with van der Waals surface area (Å²) >= 11 is 1.64. The summed E-state index contributed by atoms with van der Waals surface area (Å²) in [5.41, 5.74) is 3.45. The van der Waals surface area contributed by atoms with Gasteiger partial charge in [0.15, 0.2) is 0 Å². The van der Waals surface area contributed by atoms with Gasteiger partial charge in [0.1, 0.15) is 4.83 Å². The summed E-state index contributed by atoms with van der Waals surface area (Å²) in [5.74, 6) is 0. The first-order valence-electron chi connectivity index (χ1n) is 7.34. The Hall–Kier alpha value is -2.05. The fourth-order valence-electron chi connectivity index (χ4n) is 2.93. The van der Waals surface area contributed by atoms with Gasteiger partial charge in [-0.05, 0) is 42.6 Å². The maximum Gasteiger partial charge on any atom is 0.262 e. The van der Waals surface area contributed by atoms with E-state index in [2.05, 4.69) is 15.3 Å². The first-order chi connectivity index (χ1) is 10.7. The van der Waals surface area contributed by atoms with Crippen molar-refractivity contribution in [2.24, 2.45) is 0 Å². The van der Waals surface area contributed by atoms with E-state index in [9.17, 15) is 4.79 Å². The van der Waals surface area contributed by atoms with Gasteiger partial charge >= 0.3 is 0 Å². The van der Waals surface area contributed by atoms with Gasteiger partial charge in [-0.25, -0.2) is 4.98 Å². The summed E-state index contributed by atoms with van der Waals surface area (Å²) in [6.07, 6.45) is 6.16. The van der Waals surface area contributed by atoms with Crippen molar-refractivity contribution in [3.63, 3.8) is 0 Å². The Labute approximate surface area is 131 Å². The van der Waals surface area contributed by atoms with Gasteiger partial charge in [-0.2, -0.15) is 0 Å². The number of rotatable bonds is 2. The molecule has 6 heteroatoms. The third kappa shape index (κ3) is 2.15. The predicted molar refractivity (Wildman–Crippen MR) is 87.4 cm³/mol. The van der Waals surface area contributed by atoms with Gasteiger partial charge in [0, 0.05) is 23.8 Å². The van der Waals surface area contributed by atoms with Gasteiger partial charge in [0.2, 0.25) is 0 Å². The third-order valence-corrected chi connectivity index (χ3v) is 5.32. The van der Waals surface area contributed by atoms with Crippen molar-refractivity contribution >= 4 is 21.6 Å². The Morgan fingerprint density at radius 3 is 3.23 bits per heavy atom. The maximum absolute atomic E-state index is 12.9. The average molecular weight is 312 g/mol. The van der Waals surface area contributed by atoms with E-state index < -0.39 is 0 Å². The minimum atomic E-state index is 0.0700. The summed E-state index contributed by atoms with van der Waals surface area (Å²) in [6.45, 7) is 4.33. The van der Waals surface area contributed by atoms with E-state index >= 15 is 0 Å². The van der Waals surface area contributed by atoms with Gasteiger partial charge in [-0.3, -0.25) is 14.3 Å². The average Bonchev–Trinajstić information content (AvgIpc) is 2.91. The normalized spacial score (nSPS) is 14.2. The standard InChI is InChI=1S/C16H16N4OS/c1-10-6-17-4-2-11(10)8-20-9-19-15-14(16(20)21)12-3-5-18-7-13(12)22-15/h2,4,6,9,18H,3,5,7-8H2,1H3. The van der Waals surface area contributed by atoms with Crippen LogP contribution in [0.1, 0.15) is 21.6 Å². The lowest BCUT2D eigenvalue weighted by Crippen LogP contribution is -2.25. The maximum atomic E-state index is 12.9. The molecule has 0 fully saturated rings. The molecule has 0 spiro atoms. The molecule has 4 rings (SSSR count). The van der Waals surface area contributed by atoms with Crippen molar-refractivity contribution in [1.29, 1.82) is 0 Å². The zero-order chi connectivity index (χ0) is 15.1. The second-order valence-corrected chi connectivity index (χ2v) is 6.67. The van der Waals surface area contributed by atoms with Crippen LogP contribution in [0.25, 0.3) is 10.2 Å². The van der Waals surface area contributed by atoms with E-state index in [1.54, 1.807) is 28.4 Å². The van der Waals surface area contributed by atoms with Crippen LogP contribution in [0, 0.1) is 6.92 Å². The number of hydrogen-bond acceptors (Lipinski definition) is 5. The number of aromatic nitrogens is 3. The third-order valence-electron chi connectivity index (χ3n) is 4.18. The number of pyridine rings is 1. The highest BCUT2D eigenvalue weighted by Crippen LogP contribution is 2.29. The summed E-state index contributed by atoms with van der Waals surface area (Å²) in [4.78, 5) is 23.6. The highest BCUT2D eigenvalue weighted by molar-refractivity contribution is 7.18. The number of hydrogen-bond donors (Lipinski definition) is 1. The van der Waals surface area contributed by atoms with E-state index in [0.717, 1.165) is 40.9 Å². The van der Waals surface area contributed by atoms with Gasteiger partial charge in [0.05, 0.1) is 18.3 Å². The topological polar surface area (TPSA) is 59.8 Å². The Bertz CT molecular complexity index is 912. The summed E-state index contributed by atoms with van der Waals surface area (Å²) < 4.78 is 1.71. The van der Waals surface area contributed by atoms with Crippen LogP contribution in [-0.2, 0) is 19.5 Å². The number of fused-ring (bicyclic) bond motifs is 3. The van der Waals surface area contributed by atoms with Crippen LogP contribution in [0.15, 0.2) is 29.6 Å². The molecule has 1 aliphatic heterocycles. The number of aryl methyl sites for hydroxylation is 1. The van der Waals surface area contributed by atoms with Crippen LogP contribution in [0.2, 0.25) is 0 Å². The fourth-order valence-corrected chi connectivity index (χ4v) is 4.07. The van der Waals surface area contributed by atoms with Crippen molar-refractivity contribution < 1.29 is 0 Å². The van der Waals surface area contributed by atoms with E-state index in [0.29, 0.717) is 6.54 Å². The van der Waals surface area contributed by atoms with Crippen LogP contribution in [0.5, 0.6) is 0 Å². The smallest absolute Gasteiger partial charge is 0.262 e. The van der Waals surface area contributed by atoms with Gasteiger partial charge in [-0.15, -0.1) is 11.3 Å². The molecular formula is C16H16N4OS. The molecule has 1 aliphatic rings. The zero-order valence-corrected chi connectivity index (χ0v) is 13.1. The first kappa shape index (κ1) is 13.6. The van der Waals surface area contributed by atoms with Crippen LogP contribution in [0.3, 0.4) is 0 Å². The van der Waals surface area contributed by atoms with E-state index in [1.165, 1.54) is 10.4 Å². The summed E-state index contributed by atoms with van der Waals surface area (Å²) in [5, 5.41) is 4.17. The fraction of sp³-hybridized carbons (Fsp3) is 0.312. The second-order valence-electron chi connectivity index (χ2n) is 5.59. The summed E-state index contributed by atoms with van der Waals surface area (Å²) in [6, 6.07) is 1.96. The predicted octanol–water partition coefficient (Wildman–Crippen LogP) is 1.86.